The fourth-order valence-electron chi connectivity index (χ4n) is 1.80. The van der Waals surface area contributed by atoms with Gasteiger partial charge < -0.3 is 5.32 Å². The van der Waals surface area contributed by atoms with E-state index >= 15 is 0 Å². The van der Waals surface area contributed by atoms with E-state index in [1.807, 2.05) is 25.1 Å². The van der Waals surface area contributed by atoms with E-state index < -0.39 is 0 Å². The van der Waals surface area contributed by atoms with Gasteiger partial charge in [0.2, 0.25) is 0 Å². The molecule has 20 heavy (non-hydrogen) atoms. The average molecular weight is 420 g/mol. The van der Waals surface area contributed by atoms with Crippen molar-refractivity contribution in [2.24, 2.45) is 0 Å². The Balaban J connectivity index is 2.61. The fourth-order valence-corrected chi connectivity index (χ4v) is 2.96. The second kappa shape index (κ2) is 6.87. The number of nitrogens with zero attached hydrogens (tertiary/aromatic N) is 2. The third-order valence-corrected chi connectivity index (χ3v) is 4.42. The van der Waals surface area contributed by atoms with Crippen LogP contribution in [0, 0.1) is 0 Å². The number of anilines is 1. The van der Waals surface area contributed by atoms with Crippen molar-refractivity contribution in [3.05, 3.63) is 37.9 Å². The van der Waals surface area contributed by atoms with Gasteiger partial charge in [0.15, 0.2) is 5.82 Å². The van der Waals surface area contributed by atoms with Crippen LogP contribution >= 0.6 is 43.5 Å². The normalized spacial score (nSPS) is 10.7. The second-order valence-corrected chi connectivity index (χ2v) is 6.28. The number of hydrogen-bond acceptors (Lipinski definition) is 3. The van der Waals surface area contributed by atoms with Crippen molar-refractivity contribution in [1.82, 2.24) is 9.97 Å². The Kier molecular flexibility index (Phi) is 5.41. The van der Waals surface area contributed by atoms with Crippen molar-refractivity contribution < 1.29 is 0 Å². The highest BCUT2D eigenvalue weighted by atomic mass is 79.9. The zero-order valence-electron chi connectivity index (χ0n) is 11.2. The van der Waals surface area contributed by atoms with E-state index in [1.165, 1.54) is 0 Å². The van der Waals surface area contributed by atoms with Crippen LogP contribution in [-0.4, -0.2) is 16.5 Å². The van der Waals surface area contributed by atoms with Crippen LogP contribution in [0.4, 0.5) is 5.82 Å². The molecule has 1 aromatic heterocycles. The van der Waals surface area contributed by atoms with Crippen LogP contribution in [0.15, 0.2) is 27.1 Å². The van der Waals surface area contributed by atoms with Crippen LogP contribution in [0.2, 0.25) is 5.02 Å². The molecular formula is C14H14Br2ClN3. The largest absolute Gasteiger partial charge is 0.369 e. The average Bonchev–Trinajstić information content (AvgIpc) is 2.44. The lowest BCUT2D eigenvalue weighted by Crippen LogP contribution is -2.06. The maximum Gasteiger partial charge on any atom is 0.163 e. The van der Waals surface area contributed by atoms with Crippen LogP contribution in [-0.2, 0) is 6.42 Å². The van der Waals surface area contributed by atoms with Crippen LogP contribution < -0.4 is 5.32 Å². The van der Waals surface area contributed by atoms with Crippen molar-refractivity contribution in [1.29, 1.82) is 0 Å². The van der Waals surface area contributed by atoms with Crippen LogP contribution in [0.25, 0.3) is 11.4 Å². The van der Waals surface area contributed by atoms with E-state index in [-0.39, 0.29) is 0 Å². The molecule has 0 spiro atoms. The molecule has 0 saturated heterocycles. The highest BCUT2D eigenvalue weighted by Gasteiger charge is 2.14. The van der Waals surface area contributed by atoms with Gasteiger partial charge in [-0.05, 0) is 47.5 Å². The second-order valence-electron chi connectivity index (χ2n) is 4.16. The fraction of sp³-hybridized carbons (Fsp3) is 0.286. The van der Waals surface area contributed by atoms with E-state index in [9.17, 15) is 0 Å². The van der Waals surface area contributed by atoms with Crippen LogP contribution in [0.3, 0.4) is 0 Å². The molecule has 0 bridgehead atoms. The van der Waals surface area contributed by atoms with Crippen molar-refractivity contribution in [2.75, 3.05) is 11.9 Å². The van der Waals surface area contributed by atoms with E-state index in [0.29, 0.717) is 10.8 Å². The molecule has 3 nitrogen and oxygen atoms in total. The Morgan fingerprint density at radius 3 is 2.60 bits per heavy atom. The molecule has 2 aromatic rings. The minimum absolute atomic E-state index is 0.632. The summed E-state index contributed by atoms with van der Waals surface area (Å²) in [5.41, 5.74) is 1.78. The molecule has 0 atom stereocenters. The third kappa shape index (κ3) is 3.32. The number of hydrogen-bond donors (Lipinski definition) is 1. The Hall–Kier alpha value is -0.650. The smallest absolute Gasteiger partial charge is 0.163 e. The standard InChI is InChI=1S/C14H14Br2ClN3/c1-3-11-12(16)14(18-4-2)20-13(19-11)9-7-8(15)5-6-10(9)17/h5-7H,3-4H2,1-2H3,(H,18,19,20). The maximum atomic E-state index is 6.26. The molecule has 0 amide bonds. The molecule has 0 aliphatic rings. The summed E-state index contributed by atoms with van der Waals surface area (Å²) in [7, 11) is 0. The number of aryl methyl sites for hydroxylation is 1. The first-order valence-electron chi connectivity index (χ1n) is 6.32. The summed E-state index contributed by atoms with van der Waals surface area (Å²) in [6.07, 6.45) is 0.820. The van der Waals surface area contributed by atoms with Crippen molar-refractivity contribution in [3.8, 4) is 11.4 Å². The Morgan fingerprint density at radius 1 is 1.20 bits per heavy atom. The Labute approximate surface area is 140 Å². The number of rotatable bonds is 4. The molecule has 0 aliphatic heterocycles. The summed E-state index contributed by atoms with van der Waals surface area (Å²) in [4.78, 5) is 9.17. The molecular weight excluding hydrogens is 405 g/mol. The molecule has 0 saturated carbocycles. The van der Waals surface area contributed by atoms with Gasteiger partial charge in [0.05, 0.1) is 15.2 Å². The van der Waals surface area contributed by atoms with Gasteiger partial charge in [-0.15, -0.1) is 0 Å². The predicted molar refractivity (Wildman–Crippen MR) is 91.4 cm³/mol. The molecule has 106 valence electrons. The molecule has 0 radical (unpaired) electrons. The molecule has 6 heteroatoms. The number of benzene rings is 1. The number of aromatic nitrogens is 2. The molecule has 1 aromatic carbocycles. The molecule has 2 rings (SSSR count). The summed E-state index contributed by atoms with van der Waals surface area (Å²) < 4.78 is 1.86. The SMILES string of the molecule is CCNc1nc(-c2cc(Br)ccc2Cl)nc(CC)c1Br. The molecule has 0 aliphatic carbocycles. The predicted octanol–water partition coefficient (Wildman–Crippen LogP) is 5.32. The van der Waals surface area contributed by atoms with E-state index in [1.54, 1.807) is 0 Å². The quantitative estimate of drug-likeness (QED) is 0.729. The summed E-state index contributed by atoms with van der Waals surface area (Å²) >= 11 is 13.3. The van der Waals surface area contributed by atoms with Gasteiger partial charge in [0.25, 0.3) is 0 Å². The van der Waals surface area contributed by atoms with Crippen molar-refractivity contribution in [2.45, 2.75) is 20.3 Å². The lowest BCUT2D eigenvalue weighted by Gasteiger charge is -2.12. The summed E-state index contributed by atoms with van der Waals surface area (Å²) in [6, 6.07) is 5.67. The highest BCUT2D eigenvalue weighted by Crippen LogP contribution is 2.32. The van der Waals surface area contributed by atoms with Gasteiger partial charge in [-0.3, -0.25) is 0 Å². The zero-order chi connectivity index (χ0) is 14.7. The van der Waals surface area contributed by atoms with E-state index in [4.69, 9.17) is 11.6 Å². The first kappa shape index (κ1) is 15.7. The topological polar surface area (TPSA) is 37.8 Å². The minimum Gasteiger partial charge on any atom is -0.369 e. The van der Waals surface area contributed by atoms with Gasteiger partial charge in [0.1, 0.15) is 5.82 Å². The van der Waals surface area contributed by atoms with Crippen molar-refractivity contribution >= 4 is 49.3 Å². The molecule has 0 fully saturated rings. The summed E-state index contributed by atoms with van der Waals surface area (Å²) in [6.45, 7) is 4.89. The van der Waals surface area contributed by atoms with Crippen molar-refractivity contribution in [3.63, 3.8) is 0 Å². The van der Waals surface area contributed by atoms with Gasteiger partial charge in [-0.1, -0.05) is 34.5 Å². The zero-order valence-corrected chi connectivity index (χ0v) is 15.1. The van der Waals surface area contributed by atoms with E-state index in [2.05, 4.69) is 54.1 Å². The molecule has 1 heterocycles. The van der Waals surface area contributed by atoms with Crippen LogP contribution in [0.1, 0.15) is 19.5 Å². The first-order valence-corrected chi connectivity index (χ1v) is 8.28. The summed E-state index contributed by atoms with van der Waals surface area (Å²) in [5, 5.41) is 3.88. The number of nitrogens with one attached hydrogen (secondary N) is 1. The van der Waals surface area contributed by atoms with Gasteiger partial charge >= 0.3 is 0 Å². The van der Waals surface area contributed by atoms with E-state index in [0.717, 1.165) is 39.0 Å². The van der Waals surface area contributed by atoms with Gasteiger partial charge in [0, 0.05) is 16.6 Å². The molecule has 0 unspecified atom stereocenters. The Morgan fingerprint density at radius 2 is 1.95 bits per heavy atom. The lowest BCUT2D eigenvalue weighted by molar-refractivity contribution is 0.984. The Bertz CT molecular complexity index is 632. The lowest BCUT2D eigenvalue weighted by atomic mass is 10.2. The third-order valence-electron chi connectivity index (χ3n) is 2.77. The van der Waals surface area contributed by atoms with Crippen LogP contribution in [0.5, 0.6) is 0 Å². The van der Waals surface area contributed by atoms with Gasteiger partial charge in [-0.25, -0.2) is 9.97 Å². The maximum absolute atomic E-state index is 6.26. The number of halogens is 3. The summed E-state index contributed by atoms with van der Waals surface area (Å²) in [5.74, 6) is 1.43. The minimum atomic E-state index is 0.632. The first-order chi connectivity index (χ1) is 9.56. The molecule has 1 N–H and O–H groups in total. The monoisotopic (exact) mass is 417 g/mol. The van der Waals surface area contributed by atoms with Gasteiger partial charge in [-0.2, -0.15) is 0 Å². The highest BCUT2D eigenvalue weighted by molar-refractivity contribution is 9.11.